The van der Waals surface area contributed by atoms with Gasteiger partial charge in [-0.2, -0.15) is 4.68 Å². The highest BCUT2D eigenvalue weighted by molar-refractivity contribution is 7.91. The minimum atomic E-state index is -4.40. The van der Waals surface area contributed by atoms with Gasteiger partial charge in [-0.3, -0.25) is 9.69 Å². The Kier molecular flexibility index (Phi) is 9.46. The van der Waals surface area contributed by atoms with Gasteiger partial charge in [-0.25, -0.2) is 22.0 Å². The molecule has 4 aromatic rings. The monoisotopic (exact) mass is 641 g/mol. The Morgan fingerprint density at radius 3 is 2.36 bits per heavy atom. The number of amides is 1. The van der Waals surface area contributed by atoms with Crippen molar-refractivity contribution in [2.24, 2.45) is 0 Å². The van der Waals surface area contributed by atoms with E-state index in [1.165, 1.54) is 18.2 Å². The Balaban J connectivity index is 1.54. The average Bonchev–Trinajstić information content (AvgIpc) is 3.64. The molecular weight excluding hydrogens is 608 g/mol. The number of aromatic nitrogens is 2. The molecule has 1 fully saturated rings. The van der Waals surface area contributed by atoms with Gasteiger partial charge in [0.15, 0.2) is 5.82 Å². The van der Waals surface area contributed by atoms with Crippen molar-refractivity contribution in [1.29, 1.82) is 0 Å². The maximum absolute atomic E-state index is 13.9. The number of sulfone groups is 1. The number of ether oxygens (including phenoxy) is 2. The van der Waals surface area contributed by atoms with Crippen LogP contribution in [0.3, 0.4) is 0 Å². The Bertz CT molecular complexity index is 1840. The molecule has 1 saturated heterocycles. The van der Waals surface area contributed by atoms with Crippen LogP contribution in [0.25, 0.3) is 10.9 Å². The maximum Gasteiger partial charge on any atom is 0.435 e. The van der Waals surface area contributed by atoms with Crippen LogP contribution in [0.5, 0.6) is 0 Å². The lowest BCUT2D eigenvalue weighted by Gasteiger charge is -2.20. The smallest absolute Gasteiger partial charge is 0.435 e. The van der Waals surface area contributed by atoms with E-state index in [-0.39, 0.29) is 33.2 Å². The van der Waals surface area contributed by atoms with Crippen LogP contribution in [0.15, 0.2) is 64.4 Å². The molecule has 0 unspecified atom stereocenters. The third-order valence-corrected chi connectivity index (χ3v) is 9.17. The molecule has 2 heterocycles. The third kappa shape index (κ3) is 6.97. The normalized spacial score (nSPS) is 14.4. The zero-order valence-electron chi connectivity index (χ0n) is 25.0. The molecule has 0 bridgehead atoms. The molecule has 5 rings (SSSR count). The SMILES string of the molecule is COC[C@@H](C)Nc1cc(CN2CCCC2)ccc1C(=O)Nc1nn(C(=O)OC)c2ccc(S(=O)(=O)c3cc(F)cc(F)c3)cc12. The van der Waals surface area contributed by atoms with Crippen molar-refractivity contribution in [2.45, 2.75) is 42.1 Å². The van der Waals surface area contributed by atoms with E-state index in [1.807, 2.05) is 19.1 Å². The van der Waals surface area contributed by atoms with E-state index < -0.39 is 38.4 Å². The highest BCUT2D eigenvalue weighted by atomic mass is 32.2. The number of likely N-dealkylation sites (tertiary alicyclic amines) is 1. The number of anilines is 2. The van der Waals surface area contributed by atoms with Crippen molar-refractivity contribution < 1.29 is 36.3 Å². The van der Waals surface area contributed by atoms with E-state index in [2.05, 4.69) is 20.6 Å². The van der Waals surface area contributed by atoms with E-state index in [9.17, 15) is 26.8 Å². The number of carbonyl (C=O) groups excluding carboxylic acids is 2. The van der Waals surface area contributed by atoms with Crippen molar-refractivity contribution in [3.8, 4) is 0 Å². The summed E-state index contributed by atoms with van der Waals surface area (Å²) in [5.74, 6) is -2.82. The molecular formula is C31H33F2N5O6S. The lowest BCUT2D eigenvalue weighted by molar-refractivity contribution is 0.102. The van der Waals surface area contributed by atoms with Crippen molar-refractivity contribution in [3.63, 3.8) is 0 Å². The van der Waals surface area contributed by atoms with Crippen molar-refractivity contribution in [3.05, 3.63) is 77.4 Å². The van der Waals surface area contributed by atoms with Gasteiger partial charge in [0.2, 0.25) is 9.84 Å². The molecule has 14 heteroatoms. The van der Waals surface area contributed by atoms with Crippen molar-refractivity contribution >= 4 is 44.2 Å². The van der Waals surface area contributed by atoms with Crippen LogP contribution in [-0.2, 0) is 25.9 Å². The van der Waals surface area contributed by atoms with Crippen LogP contribution in [-0.4, -0.2) is 75.1 Å². The number of methoxy groups -OCH3 is 2. The molecule has 2 N–H and O–H groups in total. The van der Waals surface area contributed by atoms with Crippen molar-refractivity contribution in [2.75, 3.05) is 44.5 Å². The Morgan fingerprint density at radius 1 is 0.978 bits per heavy atom. The van der Waals surface area contributed by atoms with Gasteiger partial charge < -0.3 is 20.1 Å². The van der Waals surface area contributed by atoms with E-state index in [4.69, 9.17) is 9.47 Å². The topological polar surface area (TPSA) is 132 Å². The molecule has 0 aliphatic carbocycles. The summed E-state index contributed by atoms with van der Waals surface area (Å²) in [5.41, 5.74) is 1.99. The molecule has 1 aliphatic heterocycles. The van der Waals surface area contributed by atoms with E-state index in [0.717, 1.165) is 49.8 Å². The molecule has 0 saturated carbocycles. The van der Waals surface area contributed by atoms with E-state index >= 15 is 0 Å². The predicted octanol–water partition coefficient (Wildman–Crippen LogP) is 5.06. The Hall–Kier alpha value is -4.40. The van der Waals surface area contributed by atoms with Gasteiger partial charge in [0, 0.05) is 36.8 Å². The zero-order chi connectivity index (χ0) is 32.3. The summed E-state index contributed by atoms with van der Waals surface area (Å²) in [6.07, 6.45) is 1.40. The first-order chi connectivity index (χ1) is 21.5. The van der Waals surface area contributed by atoms with Crippen LogP contribution in [0.4, 0.5) is 25.1 Å². The minimum absolute atomic E-state index is 0.0830. The van der Waals surface area contributed by atoms with Crippen LogP contribution in [0.2, 0.25) is 0 Å². The number of fused-ring (bicyclic) bond motifs is 1. The minimum Gasteiger partial charge on any atom is -0.451 e. The van der Waals surface area contributed by atoms with Gasteiger partial charge in [0.1, 0.15) is 11.6 Å². The summed E-state index contributed by atoms with van der Waals surface area (Å²) in [4.78, 5) is 27.7. The summed E-state index contributed by atoms with van der Waals surface area (Å²) in [7, 11) is -1.67. The Morgan fingerprint density at radius 2 is 1.69 bits per heavy atom. The maximum atomic E-state index is 13.9. The molecule has 1 aromatic heterocycles. The largest absolute Gasteiger partial charge is 0.451 e. The molecule has 45 heavy (non-hydrogen) atoms. The number of hydrogen-bond acceptors (Lipinski definition) is 9. The Labute approximate surface area is 259 Å². The number of carbonyl (C=O) groups is 2. The molecule has 3 aromatic carbocycles. The quantitative estimate of drug-likeness (QED) is 0.244. The van der Waals surface area contributed by atoms with Gasteiger partial charge in [-0.15, -0.1) is 5.10 Å². The second-order valence-corrected chi connectivity index (χ2v) is 12.8. The van der Waals surface area contributed by atoms with Gasteiger partial charge >= 0.3 is 6.09 Å². The molecule has 1 aliphatic rings. The van der Waals surface area contributed by atoms with Crippen LogP contribution < -0.4 is 10.6 Å². The summed E-state index contributed by atoms with van der Waals surface area (Å²) in [6.45, 7) is 5.05. The molecule has 238 valence electrons. The fourth-order valence-electron chi connectivity index (χ4n) is 5.34. The molecule has 0 radical (unpaired) electrons. The number of nitrogens with one attached hydrogen (secondary N) is 2. The number of rotatable bonds is 10. The number of hydrogen-bond donors (Lipinski definition) is 2. The first-order valence-corrected chi connectivity index (χ1v) is 15.7. The highest BCUT2D eigenvalue weighted by Gasteiger charge is 2.25. The molecule has 11 nitrogen and oxygen atoms in total. The zero-order valence-corrected chi connectivity index (χ0v) is 25.8. The standard InChI is InChI=1S/C31H33F2N5O6S/c1-19(18-43-2)34-27-12-20(17-37-10-4-5-11-37)6-8-25(27)30(39)35-29-26-16-23(7-9-28(26)38(36-29)31(40)44-3)45(41,42)24-14-21(32)13-22(33)15-24/h6-9,12-16,19,34H,4-5,10-11,17-18H2,1-3H3,(H,35,36,39)/t19-/m1/s1. The van der Waals surface area contributed by atoms with Gasteiger partial charge in [0.05, 0.1) is 34.6 Å². The summed E-state index contributed by atoms with van der Waals surface area (Å²) < 4.78 is 65.4. The molecule has 1 amide bonds. The van der Waals surface area contributed by atoms with E-state index in [0.29, 0.717) is 30.5 Å². The van der Waals surface area contributed by atoms with Crippen LogP contribution in [0, 0.1) is 11.6 Å². The first kappa shape index (κ1) is 32.0. The second kappa shape index (κ2) is 13.3. The molecule has 0 spiro atoms. The van der Waals surface area contributed by atoms with Gasteiger partial charge in [-0.05, 0) is 80.9 Å². The number of halogens is 2. The number of nitrogens with zero attached hydrogens (tertiary/aromatic N) is 3. The predicted molar refractivity (Wildman–Crippen MR) is 163 cm³/mol. The lowest BCUT2D eigenvalue weighted by Crippen LogP contribution is -2.24. The molecule has 1 atom stereocenters. The van der Waals surface area contributed by atoms with Crippen LogP contribution in [0.1, 0.15) is 35.7 Å². The number of benzene rings is 3. The van der Waals surface area contributed by atoms with Crippen molar-refractivity contribution in [1.82, 2.24) is 14.7 Å². The highest BCUT2D eigenvalue weighted by Crippen LogP contribution is 2.31. The fraction of sp³-hybridized carbons (Fsp3) is 0.323. The van der Waals surface area contributed by atoms with Gasteiger partial charge in [-0.1, -0.05) is 6.07 Å². The average molecular weight is 642 g/mol. The van der Waals surface area contributed by atoms with E-state index in [1.54, 1.807) is 13.2 Å². The second-order valence-electron chi connectivity index (χ2n) is 10.8. The third-order valence-electron chi connectivity index (χ3n) is 7.44. The van der Waals surface area contributed by atoms with Crippen LogP contribution >= 0.6 is 0 Å². The summed E-state index contributed by atoms with van der Waals surface area (Å²) in [5, 5.41) is 10.3. The summed E-state index contributed by atoms with van der Waals surface area (Å²) >= 11 is 0. The fourth-order valence-corrected chi connectivity index (χ4v) is 6.67. The summed E-state index contributed by atoms with van der Waals surface area (Å²) in [6, 6.07) is 10.9. The first-order valence-electron chi connectivity index (χ1n) is 14.2. The lowest BCUT2D eigenvalue weighted by atomic mass is 10.1. The van der Waals surface area contributed by atoms with Gasteiger partial charge in [0.25, 0.3) is 5.91 Å².